The highest BCUT2D eigenvalue weighted by Gasteiger charge is 2.22. The Morgan fingerprint density at radius 3 is 2.52 bits per heavy atom. The summed E-state index contributed by atoms with van der Waals surface area (Å²) in [4.78, 5) is 19.1. The first kappa shape index (κ1) is 15.5. The van der Waals surface area contributed by atoms with Gasteiger partial charge in [-0.2, -0.15) is 4.98 Å². The fourth-order valence-electron chi connectivity index (χ4n) is 2.51. The Morgan fingerprint density at radius 1 is 1.04 bits per heavy atom. The van der Waals surface area contributed by atoms with E-state index in [0.717, 1.165) is 31.7 Å². The Balaban J connectivity index is 1.56. The molecule has 1 aliphatic rings. The molecule has 1 fully saturated rings. The van der Waals surface area contributed by atoms with Crippen LogP contribution in [0.4, 0.5) is 5.82 Å². The third kappa shape index (κ3) is 4.28. The van der Waals surface area contributed by atoms with Crippen LogP contribution in [0, 0.1) is 0 Å². The van der Waals surface area contributed by atoms with Gasteiger partial charge in [0.15, 0.2) is 5.82 Å². The molecule has 0 unspecified atom stereocenters. The molecule has 3 rings (SSSR count). The van der Waals surface area contributed by atoms with Gasteiger partial charge in [-0.05, 0) is 13.8 Å². The summed E-state index contributed by atoms with van der Waals surface area (Å²) < 4.78 is 11.5. The minimum absolute atomic E-state index is 0.0886. The van der Waals surface area contributed by atoms with Crippen molar-refractivity contribution in [2.75, 3.05) is 18.0 Å². The molecule has 1 aliphatic heterocycles. The second-order valence-electron chi connectivity index (χ2n) is 5.73. The van der Waals surface area contributed by atoms with Gasteiger partial charge in [0.05, 0.1) is 24.7 Å². The molecule has 2 aromatic heterocycles. The van der Waals surface area contributed by atoms with Crippen molar-refractivity contribution < 1.29 is 9.47 Å². The van der Waals surface area contributed by atoms with Gasteiger partial charge in [-0.25, -0.2) is 4.98 Å². The van der Waals surface area contributed by atoms with E-state index in [2.05, 4.69) is 24.8 Å². The quantitative estimate of drug-likeness (QED) is 0.836. The zero-order valence-electron chi connectivity index (χ0n) is 13.4. The smallest absolute Gasteiger partial charge is 0.234 e. The Hall–Kier alpha value is -2.44. The maximum atomic E-state index is 5.85. The van der Waals surface area contributed by atoms with E-state index in [1.54, 1.807) is 31.0 Å². The van der Waals surface area contributed by atoms with E-state index in [0.29, 0.717) is 11.8 Å². The molecule has 2 aromatic rings. The van der Waals surface area contributed by atoms with Crippen molar-refractivity contribution in [3.63, 3.8) is 0 Å². The maximum absolute atomic E-state index is 5.85. The normalized spacial score (nSPS) is 15.7. The molecule has 0 bridgehead atoms. The average Bonchev–Trinajstić information content (AvgIpc) is 2.56. The van der Waals surface area contributed by atoms with E-state index in [9.17, 15) is 0 Å². The Labute approximate surface area is 135 Å². The molecular formula is C16H21N5O2. The van der Waals surface area contributed by atoms with Crippen molar-refractivity contribution in [2.24, 2.45) is 0 Å². The summed E-state index contributed by atoms with van der Waals surface area (Å²) in [5.41, 5.74) is 0. The second-order valence-corrected chi connectivity index (χ2v) is 5.73. The third-order valence-corrected chi connectivity index (χ3v) is 3.55. The lowest BCUT2D eigenvalue weighted by molar-refractivity contribution is 0.163. The third-order valence-electron chi connectivity index (χ3n) is 3.55. The Morgan fingerprint density at radius 2 is 1.83 bits per heavy atom. The van der Waals surface area contributed by atoms with Crippen molar-refractivity contribution in [3.05, 3.63) is 31.0 Å². The summed E-state index contributed by atoms with van der Waals surface area (Å²) in [7, 11) is 0. The van der Waals surface area contributed by atoms with Crippen molar-refractivity contribution in [1.82, 2.24) is 19.9 Å². The van der Waals surface area contributed by atoms with E-state index in [1.165, 1.54) is 0 Å². The average molecular weight is 315 g/mol. The van der Waals surface area contributed by atoms with Crippen LogP contribution in [-0.2, 0) is 0 Å². The van der Waals surface area contributed by atoms with Gasteiger partial charge in [-0.1, -0.05) is 0 Å². The van der Waals surface area contributed by atoms with E-state index in [1.807, 2.05) is 13.8 Å². The molecule has 122 valence electrons. The second kappa shape index (κ2) is 7.21. The lowest BCUT2D eigenvalue weighted by Gasteiger charge is -2.32. The summed E-state index contributed by atoms with van der Waals surface area (Å²) in [5.74, 6) is 2.00. The molecule has 7 nitrogen and oxygen atoms in total. The number of hydrogen-bond donors (Lipinski definition) is 0. The molecule has 23 heavy (non-hydrogen) atoms. The Kier molecular flexibility index (Phi) is 4.85. The summed E-state index contributed by atoms with van der Waals surface area (Å²) in [6.07, 6.45) is 10.4. The summed E-state index contributed by atoms with van der Waals surface area (Å²) >= 11 is 0. The number of ether oxygens (including phenoxy) is 2. The lowest BCUT2D eigenvalue weighted by atomic mass is 10.1. The van der Waals surface area contributed by atoms with Crippen LogP contribution in [0.2, 0.25) is 0 Å². The molecule has 0 spiro atoms. The van der Waals surface area contributed by atoms with Gasteiger partial charge in [0, 0.05) is 38.3 Å². The van der Waals surface area contributed by atoms with E-state index in [-0.39, 0.29) is 12.2 Å². The molecule has 0 radical (unpaired) electrons. The van der Waals surface area contributed by atoms with Gasteiger partial charge >= 0.3 is 0 Å². The monoisotopic (exact) mass is 315 g/mol. The molecular weight excluding hydrogens is 294 g/mol. The lowest BCUT2D eigenvalue weighted by Crippen LogP contribution is -2.38. The largest absolute Gasteiger partial charge is 0.474 e. The first-order valence-corrected chi connectivity index (χ1v) is 7.87. The van der Waals surface area contributed by atoms with Gasteiger partial charge in [-0.15, -0.1) is 0 Å². The van der Waals surface area contributed by atoms with Crippen LogP contribution in [0.1, 0.15) is 26.7 Å². The van der Waals surface area contributed by atoms with Crippen LogP contribution >= 0.6 is 0 Å². The zero-order chi connectivity index (χ0) is 16.1. The number of nitrogens with zero attached hydrogens (tertiary/aromatic N) is 5. The minimum Gasteiger partial charge on any atom is -0.474 e. The van der Waals surface area contributed by atoms with E-state index in [4.69, 9.17) is 9.47 Å². The Bertz CT molecular complexity index is 615. The van der Waals surface area contributed by atoms with Gasteiger partial charge < -0.3 is 14.4 Å². The molecule has 0 aliphatic carbocycles. The number of rotatable bonds is 5. The SMILES string of the molecule is CC(C)Oc1cncc(N2CCC(Oc3cnccn3)CC2)n1. The number of anilines is 1. The van der Waals surface area contributed by atoms with Gasteiger partial charge in [-0.3, -0.25) is 9.97 Å². The topological polar surface area (TPSA) is 73.3 Å². The van der Waals surface area contributed by atoms with Crippen molar-refractivity contribution in [3.8, 4) is 11.8 Å². The summed E-state index contributed by atoms with van der Waals surface area (Å²) in [6.45, 7) is 5.68. The van der Waals surface area contributed by atoms with Gasteiger partial charge in [0.1, 0.15) is 6.10 Å². The summed E-state index contributed by atoms with van der Waals surface area (Å²) in [5, 5.41) is 0. The first-order chi connectivity index (χ1) is 11.2. The van der Waals surface area contributed by atoms with Gasteiger partial charge in [0.2, 0.25) is 11.8 Å². The van der Waals surface area contributed by atoms with Crippen LogP contribution in [-0.4, -0.2) is 45.2 Å². The van der Waals surface area contributed by atoms with Crippen LogP contribution in [0.5, 0.6) is 11.8 Å². The number of hydrogen-bond acceptors (Lipinski definition) is 7. The minimum atomic E-state index is 0.0886. The predicted octanol–water partition coefficient (Wildman–Crippen LogP) is 2.10. The van der Waals surface area contributed by atoms with E-state index >= 15 is 0 Å². The molecule has 7 heteroatoms. The fourth-order valence-corrected chi connectivity index (χ4v) is 2.51. The predicted molar refractivity (Wildman–Crippen MR) is 85.7 cm³/mol. The highest BCUT2D eigenvalue weighted by Crippen LogP contribution is 2.22. The van der Waals surface area contributed by atoms with Crippen LogP contribution in [0.3, 0.4) is 0 Å². The molecule has 0 aromatic carbocycles. The zero-order valence-corrected chi connectivity index (χ0v) is 13.4. The van der Waals surface area contributed by atoms with Crippen LogP contribution in [0.15, 0.2) is 31.0 Å². The summed E-state index contributed by atoms with van der Waals surface area (Å²) in [6, 6.07) is 0. The van der Waals surface area contributed by atoms with Gasteiger partial charge in [0.25, 0.3) is 0 Å². The van der Waals surface area contributed by atoms with Crippen LogP contribution < -0.4 is 14.4 Å². The molecule has 1 saturated heterocycles. The van der Waals surface area contributed by atoms with Crippen molar-refractivity contribution >= 4 is 5.82 Å². The van der Waals surface area contributed by atoms with Crippen molar-refractivity contribution in [1.29, 1.82) is 0 Å². The highest BCUT2D eigenvalue weighted by molar-refractivity contribution is 5.38. The molecule has 3 heterocycles. The maximum Gasteiger partial charge on any atom is 0.234 e. The highest BCUT2D eigenvalue weighted by atomic mass is 16.5. The molecule has 0 saturated carbocycles. The van der Waals surface area contributed by atoms with E-state index < -0.39 is 0 Å². The fraction of sp³-hybridized carbons (Fsp3) is 0.500. The molecule has 0 N–H and O–H groups in total. The standard InChI is InChI=1S/C16H21N5O2/c1-12(2)22-16-11-18-9-14(20-16)21-7-3-13(4-8-21)23-15-10-17-5-6-19-15/h5-6,9-13H,3-4,7-8H2,1-2H3. The first-order valence-electron chi connectivity index (χ1n) is 7.87. The van der Waals surface area contributed by atoms with Crippen LogP contribution in [0.25, 0.3) is 0 Å². The van der Waals surface area contributed by atoms with Crippen molar-refractivity contribution in [2.45, 2.75) is 38.9 Å². The number of piperidine rings is 1. The molecule has 0 atom stereocenters. The number of aromatic nitrogens is 4. The molecule has 0 amide bonds.